The first kappa shape index (κ1) is 13.8. The van der Waals surface area contributed by atoms with E-state index in [2.05, 4.69) is 26.2 Å². The number of nitriles is 1. The van der Waals surface area contributed by atoms with Gasteiger partial charge in [0, 0.05) is 37.9 Å². The van der Waals surface area contributed by atoms with Crippen LogP contribution in [0.2, 0.25) is 0 Å². The van der Waals surface area contributed by atoms with Crippen LogP contribution in [0.5, 0.6) is 0 Å². The highest BCUT2D eigenvalue weighted by molar-refractivity contribution is 5.78. The first-order valence-electron chi connectivity index (χ1n) is 7.22. The van der Waals surface area contributed by atoms with Crippen molar-refractivity contribution in [2.45, 2.75) is 19.9 Å². The van der Waals surface area contributed by atoms with E-state index in [-0.39, 0.29) is 5.91 Å². The van der Waals surface area contributed by atoms with Crippen molar-refractivity contribution in [1.29, 1.82) is 5.26 Å². The Bertz CT molecular complexity index is 615. The Kier molecular flexibility index (Phi) is 3.52. The lowest BCUT2D eigenvalue weighted by atomic mass is 10.0. The van der Waals surface area contributed by atoms with Crippen molar-refractivity contribution in [2.24, 2.45) is 0 Å². The van der Waals surface area contributed by atoms with E-state index in [1.54, 1.807) is 0 Å². The average molecular weight is 285 g/mol. The third-order valence-corrected chi connectivity index (χ3v) is 4.18. The summed E-state index contributed by atoms with van der Waals surface area (Å²) < 4.78 is 0. The summed E-state index contributed by atoms with van der Waals surface area (Å²) in [4.78, 5) is 20.3. The number of hydrogen-bond acceptors (Lipinski definition) is 5. The first-order valence-corrected chi connectivity index (χ1v) is 7.22. The molecular weight excluding hydrogens is 266 g/mol. The molecule has 0 radical (unpaired) electrons. The van der Waals surface area contributed by atoms with Crippen LogP contribution in [0.3, 0.4) is 0 Å². The number of piperazine rings is 1. The van der Waals surface area contributed by atoms with Gasteiger partial charge < -0.3 is 10.2 Å². The van der Waals surface area contributed by atoms with Crippen LogP contribution in [-0.4, -0.2) is 54.6 Å². The van der Waals surface area contributed by atoms with Crippen LogP contribution < -0.4 is 10.2 Å². The Balaban J connectivity index is 1.72. The molecule has 110 valence electrons. The van der Waals surface area contributed by atoms with Gasteiger partial charge in [0.1, 0.15) is 11.9 Å². The van der Waals surface area contributed by atoms with Gasteiger partial charge in [0.05, 0.1) is 12.1 Å². The molecule has 1 aromatic heterocycles. The standard InChI is InChI=1S/C15H19N5O/c1-10-5-11(2)18-15(13(10)6-16)20-7-12(8-20)19-4-3-17-14(21)9-19/h5,12H,3-4,7-9H2,1-2H3,(H,17,21). The number of pyridine rings is 1. The molecule has 0 spiro atoms. The summed E-state index contributed by atoms with van der Waals surface area (Å²) in [7, 11) is 0. The van der Waals surface area contributed by atoms with E-state index in [4.69, 9.17) is 0 Å². The average Bonchev–Trinajstić information content (AvgIpc) is 2.36. The normalized spacial score (nSPS) is 19.9. The molecule has 0 atom stereocenters. The fraction of sp³-hybridized carbons (Fsp3) is 0.533. The predicted octanol–water partition coefficient (Wildman–Crippen LogP) is 0.191. The van der Waals surface area contributed by atoms with Crippen molar-refractivity contribution >= 4 is 11.7 Å². The van der Waals surface area contributed by atoms with Gasteiger partial charge in [-0.15, -0.1) is 0 Å². The quantitative estimate of drug-likeness (QED) is 0.840. The number of aromatic nitrogens is 1. The number of rotatable bonds is 2. The Labute approximate surface area is 124 Å². The number of anilines is 1. The van der Waals surface area contributed by atoms with Crippen LogP contribution in [-0.2, 0) is 4.79 Å². The number of nitrogens with one attached hydrogen (secondary N) is 1. The van der Waals surface area contributed by atoms with Gasteiger partial charge in [0.15, 0.2) is 0 Å². The van der Waals surface area contributed by atoms with Crippen LogP contribution >= 0.6 is 0 Å². The molecule has 6 nitrogen and oxygen atoms in total. The lowest BCUT2D eigenvalue weighted by Crippen LogP contribution is -2.64. The highest BCUT2D eigenvalue weighted by Crippen LogP contribution is 2.27. The smallest absolute Gasteiger partial charge is 0.234 e. The largest absolute Gasteiger partial charge is 0.354 e. The molecular formula is C15H19N5O. The second kappa shape index (κ2) is 5.34. The van der Waals surface area contributed by atoms with Crippen molar-refractivity contribution in [3.63, 3.8) is 0 Å². The van der Waals surface area contributed by atoms with Crippen LogP contribution in [0, 0.1) is 25.2 Å². The van der Waals surface area contributed by atoms with Gasteiger partial charge in [-0.05, 0) is 25.5 Å². The minimum absolute atomic E-state index is 0.0990. The zero-order valence-corrected chi connectivity index (χ0v) is 12.4. The van der Waals surface area contributed by atoms with Crippen LogP contribution in [0.15, 0.2) is 6.07 Å². The topological polar surface area (TPSA) is 72.3 Å². The Morgan fingerprint density at radius 3 is 2.86 bits per heavy atom. The van der Waals surface area contributed by atoms with E-state index in [9.17, 15) is 10.1 Å². The van der Waals surface area contributed by atoms with Crippen molar-refractivity contribution in [1.82, 2.24) is 15.2 Å². The third kappa shape index (κ3) is 2.57. The number of hydrogen-bond donors (Lipinski definition) is 1. The molecule has 2 aliphatic rings. The van der Waals surface area contributed by atoms with Gasteiger partial charge >= 0.3 is 0 Å². The molecule has 2 aliphatic heterocycles. The molecule has 1 aromatic rings. The number of aryl methyl sites for hydroxylation is 2. The molecule has 3 rings (SSSR count). The molecule has 2 fully saturated rings. The van der Waals surface area contributed by atoms with Gasteiger partial charge in [-0.3, -0.25) is 9.69 Å². The SMILES string of the molecule is Cc1cc(C)c(C#N)c(N2CC(N3CCNC(=O)C3)C2)n1. The Morgan fingerprint density at radius 2 is 2.19 bits per heavy atom. The van der Waals surface area contributed by atoms with Gasteiger partial charge in [-0.1, -0.05) is 0 Å². The van der Waals surface area contributed by atoms with Crippen LogP contribution in [0.4, 0.5) is 5.82 Å². The molecule has 21 heavy (non-hydrogen) atoms. The van der Waals surface area contributed by atoms with E-state index >= 15 is 0 Å². The molecule has 0 saturated carbocycles. The summed E-state index contributed by atoms with van der Waals surface area (Å²) in [5.41, 5.74) is 2.57. The minimum atomic E-state index is 0.0990. The lowest BCUT2D eigenvalue weighted by Gasteiger charge is -2.47. The highest BCUT2D eigenvalue weighted by atomic mass is 16.2. The summed E-state index contributed by atoms with van der Waals surface area (Å²) in [6, 6.07) is 4.58. The predicted molar refractivity (Wildman–Crippen MR) is 79.0 cm³/mol. The third-order valence-electron chi connectivity index (χ3n) is 4.18. The van der Waals surface area contributed by atoms with Crippen LogP contribution in [0.1, 0.15) is 16.8 Å². The van der Waals surface area contributed by atoms with Crippen molar-refractivity contribution < 1.29 is 4.79 Å². The monoisotopic (exact) mass is 285 g/mol. The van der Waals surface area contributed by atoms with E-state index in [1.807, 2.05) is 19.9 Å². The molecule has 0 aliphatic carbocycles. The van der Waals surface area contributed by atoms with E-state index < -0.39 is 0 Å². The zero-order valence-electron chi connectivity index (χ0n) is 12.4. The molecule has 1 amide bonds. The maximum Gasteiger partial charge on any atom is 0.234 e. The first-order chi connectivity index (χ1) is 10.1. The molecule has 0 unspecified atom stereocenters. The van der Waals surface area contributed by atoms with Crippen molar-refractivity contribution in [3.8, 4) is 6.07 Å². The highest BCUT2D eigenvalue weighted by Gasteiger charge is 2.35. The fourth-order valence-corrected chi connectivity index (χ4v) is 3.01. The number of carbonyl (C=O) groups excluding carboxylic acids is 1. The molecule has 1 N–H and O–H groups in total. The maximum absolute atomic E-state index is 11.4. The molecule has 6 heteroatoms. The summed E-state index contributed by atoms with van der Waals surface area (Å²) in [5, 5.41) is 12.2. The maximum atomic E-state index is 11.4. The summed E-state index contributed by atoms with van der Waals surface area (Å²) >= 11 is 0. The Hall–Kier alpha value is -2.13. The van der Waals surface area contributed by atoms with E-state index in [1.165, 1.54) is 0 Å². The van der Waals surface area contributed by atoms with Crippen LogP contribution in [0.25, 0.3) is 0 Å². The Morgan fingerprint density at radius 1 is 1.43 bits per heavy atom. The number of nitrogens with zero attached hydrogens (tertiary/aromatic N) is 4. The van der Waals surface area contributed by atoms with Crippen molar-refractivity contribution in [2.75, 3.05) is 37.6 Å². The van der Waals surface area contributed by atoms with E-state index in [0.717, 1.165) is 43.3 Å². The van der Waals surface area contributed by atoms with Gasteiger partial charge in [-0.25, -0.2) is 4.98 Å². The fourth-order valence-electron chi connectivity index (χ4n) is 3.01. The molecule has 2 saturated heterocycles. The number of amides is 1. The second-order valence-corrected chi connectivity index (χ2v) is 5.77. The second-order valence-electron chi connectivity index (χ2n) is 5.77. The summed E-state index contributed by atoms with van der Waals surface area (Å²) in [5.74, 6) is 0.884. The van der Waals surface area contributed by atoms with Gasteiger partial charge in [-0.2, -0.15) is 5.26 Å². The number of carbonyl (C=O) groups is 1. The minimum Gasteiger partial charge on any atom is -0.354 e. The van der Waals surface area contributed by atoms with E-state index in [0.29, 0.717) is 18.2 Å². The summed E-state index contributed by atoms with van der Waals surface area (Å²) in [6.07, 6.45) is 0. The molecule has 0 aromatic carbocycles. The zero-order chi connectivity index (χ0) is 15.0. The lowest BCUT2D eigenvalue weighted by molar-refractivity contribution is -0.125. The van der Waals surface area contributed by atoms with Gasteiger partial charge in [0.2, 0.25) is 5.91 Å². The van der Waals surface area contributed by atoms with Gasteiger partial charge in [0.25, 0.3) is 0 Å². The summed E-state index contributed by atoms with van der Waals surface area (Å²) in [6.45, 7) is 7.66. The van der Waals surface area contributed by atoms with Crippen molar-refractivity contribution in [3.05, 3.63) is 22.9 Å². The molecule has 3 heterocycles. The molecule has 0 bridgehead atoms.